The van der Waals surface area contributed by atoms with Crippen LogP contribution in [0.5, 0.6) is 5.75 Å². The number of H-pyrrole nitrogens is 1. The maximum atomic E-state index is 11.8. The first-order valence-corrected chi connectivity index (χ1v) is 4.96. The topological polar surface area (TPSA) is 121 Å². The average Bonchev–Trinajstić information content (AvgIpc) is 2.81. The Morgan fingerprint density at radius 1 is 1.39 bits per heavy atom. The summed E-state index contributed by atoms with van der Waals surface area (Å²) in [4.78, 5) is 23.0. The first-order chi connectivity index (χ1) is 8.58. The molecular weight excluding hydrogens is 238 g/mol. The van der Waals surface area contributed by atoms with Gasteiger partial charge in [0.15, 0.2) is 5.78 Å². The number of nitrogens with one attached hydrogen (secondary N) is 2. The van der Waals surface area contributed by atoms with Crippen LogP contribution in [0.3, 0.4) is 0 Å². The Labute approximate surface area is 101 Å². The van der Waals surface area contributed by atoms with Crippen LogP contribution in [-0.2, 0) is 0 Å². The molecule has 0 fully saturated rings. The molecule has 0 saturated carbocycles. The molecule has 1 amide bonds. The lowest BCUT2D eigenvalue weighted by Crippen LogP contribution is -2.14. The minimum atomic E-state index is -0.628. The number of aromatic hydroxyl groups is 1. The smallest absolute Gasteiger partial charge is 0.270 e. The molecule has 1 aromatic heterocycles. The van der Waals surface area contributed by atoms with Crippen molar-refractivity contribution in [1.29, 1.82) is 0 Å². The van der Waals surface area contributed by atoms with Crippen molar-refractivity contribution in [2.45, 2.75) is 6.92 Å². The fourth-order valence-corrected chi connectivity index (χ4v) is 1.32. The summed E-state index contributed by atoms with van der Waals surface area (Å²) in [5.41, 5.74) is 0.290. The van der Waals surface area contributed by atoms with E-state index in [1.165, 1.54) is 25.1 Å². The van der Waals surface area contributed by atoms with E-state index in [0.717, 1.165) is 0 Å². The van der Waals surface area contributed by atoms with Crippen LogP contribution in [0.1, 0.15) is 27.6 Å². The van der Waals surface area contributed by atoms with E-state index in [-0.39, 0.29) is 23.0 Å². The zero-order chi connectivity index (χ0) is 13.1. The van der Waals surface area contributed by atoms with Crippen molar-refractivity contribution in [3.8, 4) is 5.75 Å². The van der Waals surface area contributed by atoms with Gasteiger partial charge >= 0.3 is 0 Å². The van der Waals surface area contributed by atoms with Crippen LogP contribution >= 0.6 is 0 Å². The Morgan fingerprint density at radius 3 is 2.78 bits per heavy atom. The molecule has 3 N–H and O–H groups in total. The number of anilines is 1. The third-order valence-corrected chi connectivity index (χ3v) is 2.22. The minimum absolute atomic E-state index is 0.0207. The standard InChI is InChI=1S/C10H9N5O3/c1-5(16)6-2-3-8(17)7(4-6)9(18)11-10-12-14-15-13-10/h2-4,17H,1H3,(H2,11,12,13,14,15,18). The van der Waals surface area contributed by atoms with E-state index >= 15 is 0 Å². The van der Waals surface area contributed by atoms with E-state index in [4.69, 9.17) is 0 Å². The maximum Gasteiger partial charge on any atom is 0.270 e. The summed E-state index contributed by atoms with van der Waals surface area (Å²) in [5, 5.41) is 24.4. The van der Waals surface area contributed by atoms with Crippen LogP contribution < -0.4 is 5.32 Å². The number of rotatable bonds is 3. The number of tetrazole rings is 1. The van der Waals surface area contributed by atoms with Gasteiger partial charge in [-0.05, 0) is 30.3 Å². The van der Waals surface area contributed by atoms with Crippen LogP contribution in [0.2, 0.25) is 0 Å². The molecule has 0 aliphatic heterocycles. The van der Waals surface area contributed by atoms with Crippen molar-refractivity contribution in [3.63, 3.8) is 0 Å². The van der Waals surface area contributed by atoms with Crippen molar-refractivity contribution >= 4 is 17.6 Å². The summed E-state index contributed by atoms with van der Waals surface area (Å²) < 4.78 is 0. The fourth-order valence-electron chi connectivity index (χ4n) is 1.32. The molecule has 92 valence electrons. The second-order valence-corrected chi connectivity index (χ2v) is 3.48. The number of phenolic OH excluding ortho intramolecular Hbond substituents is 1. The van der Waals surface area contributed by atoms with Crippen LogP contribution in [0.4, 0.5) is 5.95 Å². The van der Waals surface area contributed by atoms with Crippen molar-refractivity contribution in [2.24, 2.45) is 0 Å². The van der Waals surface area contributed by atoms with Crippen LogP contribution in [-0.4, -0.2) is 37.4 Å². The molecule has 0 unspecified atom stereocenters. The summed E-state index contributed by atoms with van der Waals surface area (Å²) in [7, 11) is 0. The zero-order valence-electron chi connectivity index (χ0n) is 9.34. The third-order valence-electron chi connectivity index (χ3n) is 2.22. The van der Waals surface area contributed by atoms with Crippen molar-refractivity contribution in [1.82, 2.24) is 20.6 Å². The Morgan fingerprint density at radius 2 is 2.17 bits per heavy atom. The van der Waals surface area contributed by atoms with E-state index in [0.29, 0.717) is 5.56 Å². The number of hydrogen-bond donors (Lipinski definition) is 3. The molecule has 0 saturated heterocycles. The quantitative estimate of drug-likeness (QED) is 0.673. The van der Waals surface area contributed by atoms with Crippen LogP contribution in [0.15, 0.2) is 18.2 Å². The van der Waals surface area contributed by atoms with E-state index in [2.05, 4.69) is 25.9 Å². The average molecular weight is 247 g/mol. The number of aromatic amines is 1. The zero-order valence-corrected chi connectivity index (χ0v) is 9.34. The SMILES string of the molecule is CC(=O)c1ccc(O)c(C(=O)Nc2nn[nH]n2)c1. The molecular formula is C10H9N5O3. The van der Waals surface area contributed by atoms with Gasteiger partial charge in [-0.1, -0.05) is 5.10 Å². The molecule has 0 radical (unpaired) electrons. The number of carbonyl (C=O) groups is 2. The summed E-state index contributed by atoms with van der Waals surface area (Å²) >= 11 is 0. The van der Waals surface area contributed by atoms with Gasteiger partial charge in [-0.15, -0.1) is 5.10 Å². The molecule has 0 atom stereocenters. The number of phenols is 1. The normalized spacial score (nSPS) is 10.1. The van der Waals surface area contributed by atoms with Gasteiger partial charge in [-0.2, -0.15) is 5.21 Å². The first-order valence-electron chi connectivity index (χ1n) is 4.96. The Bertz CT molecular complexity index is 594. The molecule has 2 aromatic rings. The number of ketones is 1. The number of aromatic nitrogens is 4. The lowest BCUT2D eigenvalue weighted by atomic mass is 10.1. The number of hydrogen-bond acceptors (Lipinski definition) is 6. The summed E-state index contributed by atoms with van der Waals surface area (Å²) in [6, 6.07) is 4.01. The van der Waals surface area contributed by atoms with E-state index in [1.807, 2.05) is 0 Å². The largest absolute Gasteiger partial charge is 0.507 e. The van der Waals surface area contributed by atoms with Crippen molar-refractivity contribution in [2.75, 3.05) is 5.32 Å². The molecule has 8 heteroatoms. The van der Waals surface area contributed by atoms with Crippen LogP contribution in [0, 0.1) is 0 Å². The molecule has 1 heterocycles. The highest BCUT2D eigenvalue weighted by Crippen LogP contribution is 2.19. The predicted molar refractivity (Wildman–Crippen MR) is 60.2 cm³/mol. The summed E-state index contributed by atoms with van der Waals surface area (Å²) in [6.07, 6.45) is 0. The van der Waals surface area contributed by atoms with Gasteiger partial charge in [-0.25, -0.2) is 0 Å². The highest BCUT2D eigenvalue weighted by molar-refractivity contribution is 6.07. The molecule has 0 spiro atoms. The second-order valence-electron chi connectivity index (χ2n) is 3.48. The molecule has 0 bridgehead atoms. The monoisotopic (exact) mass is 247 g/mol. The predicted octanol–water partition coefficient (Wildman–Crippen LogP) is 0.360. The number of carbonyl (C=O) groups excluding carboxylic acids is 2. The minimum Gasteiger partial charge on any atom is -0.507 e. The van der Waals surface area contributed by atoms with Gasteiger partial charge < -0.3 is 5.11 Å². The Kier molecular flexibility index (Phi) is 3.00. The Hall–Kier alpha value is -2.77. The van der Waals surface area contributed by atoms with Crippen LogP contribution in [0.25, 0.3) is 0 Å². The number of amides is 1. The maximum absolute atomic E-state index is 11.8. The van der Waals surface area contributed by atoms with Gasteiger partial charge in [0.25, 0.3) is 11.9 Å². The van der Waals surface area contributed by atoms with E-state index < -0.39 is 5.91 Å². The Balaban J connectivity index is 2.29. The number of benzene rings is 1. The van der Waals surface area contributed by atoms with E-state index in [1.54, 1.807) is 0 Å². The first kappa shape index (κ1) is 11.7. The molecule has 1 aromatic carbocycles. The van der Waals surface area contributed by atoms with E-state index in [9.17, 15) is 14.7 Å². The second kappa shape index (κ2) is 4.62. The third kappa shape index (κ3) is 2.32. The molecule has 18 heavy (non-hydrogen) atoms. The summed E-state index contributed by atoms with van der Waals surface area (Å²) in [5.74, 6) is -1.09. The lowest BCUT2D eigenvalue weighted by Gasteiger charge is -2.05. The van der Waals surface area contributed by atoms with Gasteiger partial charge in [0.2, 0.25) is 0 Å². The highest BCUT2D eigenvalue weighted by Gasteiger charge is 2.15. The van der Waals surface area contributed by atoms with Crippen molar-refractivity contribution < 1.29 is 14.7 Å². The van der Waals surface area contributed by atoms with Crippen molar-refractivity contribution in [3.05, 3.63) is 29.3 Å². The molecule has 0 aliphatic rings. The highest BCUT2D eigenvalue weighted by atomic mass is 16.3. The molecule has 0 aliphatic carbocycles. The molecule has 2 rings (SSSR count). The number of Topliss-reactive ketones (excluding diaryl/α,β-unsaturated/α-hetero) is 1. The molecule has 8 nitrogen and oxygen atoms in total. The lowest BCUT2D eigenvalue weighted by molar-refractivity contribution is 0.101. The number of nitrogens with zero attached hydrogens (tertiary/aromatic N) is 3. The van der Waals surface area contributed by atoms with Gasteiger partial charge in [-0.3, -0.25) is 14.9 Å². The fraction of sp³-hybridized carbons (Fsp3) is 0.100. The van der Waals surface area contributed by atoms with Gasteiger partial charge in [0, 0.05) is 5.56 Å². The summed E-state index contributed by atoms with van der Waals surface area (Å²) in [6.45, 7) is 1.37. The van der Waals surface area contributed by atoms with Gasteiger partial charge in [0.05, 0.1) is 5.56 Å². The van der Waals surface area contributed by atoms with Gasteiger partial charge in [0.1, 0.15) is 5.75 Å².